The van der Waals surface area contributed by atoms with Crippen LogP contribution in [0.15, 0.2) is 5.16 Å². The first-order valence-electron chi connectivity index (χ1n) is 7.30. The van der Waals surface area contributed by atoms with E-state index in [0.717, 1.165) is 12.5 Å². The van der Waals surface area contributed by atoms with Gasteiger partial charge in [-0.3, -0.25) is 9.36 Å². The second-order valence-electron chi connectivity index (χ2n) is 6.07. The van der Waals surface area contributed by atoms with Crippen molar-refractivity contribution in [2.75, 3.05) is 17.2 Å². The average molecular weight is 314 g/mol. The SMILES string of the molecule is CC(C)CN(c1nnc(SCC(=O)O)n1C(C)C)C(C)C. The molecule has 1 aromatic heterocycles. The van der Waals surface area contributed by atoms with E-state index in [1.54, 1.807) is 0 Å². The van der Waals surface area contributed by atoms with E-state index >= 15 is 0 Å². The number of carbonyl (C=O) groups is 1. The van der Waals surface area contributed by atoms with Crippen molar-refractivity contribution in [1.29, 1.82) is 0 Å². The normalized spacial score (nSPS) is 11.7. The molecular weight excluding hydrogens is 288 g/mol. The van der Waals surface area contributed by atoms with Gasteiger partial charge < -0.3 is 10.0 Å². The van der Waals surface area contributed by atoms with Crippen LogP contribution in [-0.2, 0) is 4.79 Å². The molecule has 0 saturated carbocycles. The van der Waals surface area contributed by atoms with Gasteiger partial charge in [0, 0.05) is 18.6 Å². The van der Waals surface area contributed by atoms with Gasteiger partial charge in [0.1, 0.15) is 0 Å². The summed E-state index contributed by atoms with van der Waals surface area (Å²) in [7, 11) is 0. The van der Waals surface area contributed by atoms with Crippen molar-refractivity contribution in [3.05, 3.63) is 0 Å². The zero-order valence-corrected chi connectivity index (χ0v) is 14.5. The lowest BCUT2D eigenvalue weighted by molar-refractivity contribution is -0.133. The third-order valence-corrected chi connectivity index (χ3v) is 3.86. The van der Waals surface area contributed by atoms with Crippen LogP contribution in [0.4, 0.5) is 5.95 Å². The van der Waals surface area contributed by atoms with Gasteiger partial charge in [0.05, 0.1) is 5.75 Å². The second-order valence-corrected chi connectivity index (χ2v) is 7.01. The van der Waals surface area contributed by atoms with Crippen LogP contribution < -0.4 is 4.90 Å². The Bertz CT molecular complexity index is 472. The minimum atomic E-state index is -0.845. The van der Waals surface area contributed by atoms with Crippen molar-refractivity contribution in [3.63, 3.8) is 0 Å². The Morgan fingerprint density at radius 3 is 2.29 bits per heavy atom. The molecule has 0 radical (unpaired) electrons. The van der Waals surface area contributed by atoms with Crippen LogP contribution in [0, 0.1) is 5.92 Å². The second kappa shape index (κ2) is 7.68. The van der Waals surface area contributed by atoms with Crippen molar-refractivity contribution in [1.82, 2.24) is 14.8 Å². The van der Waals surface area contributed by atoms with Gasteiger partial charge in [-0.25, -0.2) is 0 Å². The van der Waals surface area contributed by atoms with Crippen LogP contribution in [0.25, 0.3) is 0 Å². The molecule has 0 unspecified atom stereocenters. The van der Waals surface area contributed by atoms with E-state index in [1.807, 2.05) is 4.57 Å². The molecule has 0 spiro atoms. The molecule has 120 valence electrons. The Kier molecular flexibility index (Phi) is 6.51. The Labute approximate surface area is 130 Å². The standard InChI is InChI=1S/C14H26N4O2S/c1-9(2)7-17(10(3)4)13-15-16-14(18(13)11(5)6)21-8-12(19)20/h9-11H,7-8H2,1-6H3,(H,19,20). The van der Waals surface area contributed by atoms with E-state index in [4.69, 9.17) is 5.11 Å². The number of rotatable bonds is 8. The molecular formula is C14H26N4O2S. The molecule has 0 amide bonds. The van der Waals surface area contributed by atoms with E-state index in [1.165, 1.54) is 11.8 Å². The number of anilines is 1. The van der Waals surface area contributed by atoms with Crippen LogP contribution in [0.2, 0.25) is 0 Å². The Morgan fingerprint density at radius 2 is 1.86 bits per heavy atom. The minimum Gasteiger partial charge on any atom is -0.481 e. The number of nitrogens with zero attached hydrogens (tertiary/aromatic N) is 4. The number of hydrogen-bond donors (Lipinski definition) is 1. The summed E-state index contributed by atoms with van der Waals surface area (Å²) in [5.74, 6) is 0.487. The summed E-state index contributed by atoms with van der Waals surface area (Å²) in [5.41, 5.74) is 0. The summed E-state index contributed by atoms with van der Waals surface area (Å²) in [6.07, 6.45) is 0. The molecule has 0 aliphatic heterocycles. The summed E-state index contributed by atoms with van der Waals surface area (Å²) in [4.78, 5) is 13.0. The third-order valence-electron chi connectivity index (χ3n) is 2.93. The highest BCUT2D eigenvalue weighted by Gasteiger charge is 2.23. The van der Waals surface area contributed by atoms with E-state index in [0.29, 0.717) is 17.1 Å². The highest BCUT2D eigenvalue weighted by Crippen LogP contribution is 2.27. The molecule has 1 aromatic rings. The largest absolute Gasteiger partial charge is 0.481 e. The lowest BCUT2D eigenvalue weighted by atomic mass is 10.2. The molecule has 21 heavy (non-hydrogen) atoms. The van der Waals surface area contributed by atoms with E-state index in [2.05, 4.69) is 56.6 Å². The third kappa shape index (κ3) is 4.91. The molecule has 7 heteroatoms. The topological polar surface area (TPSA) is 71.2 Å². The van der Waals surface area contributed by atoms with Crippen LogP contribution in [0.5, 0.6) is 0 Å². The molecule has 0 atom stereocenters. The van der Waals surface area contributed by atoms with Crippen molar-refractivity contribution in [2.24, 2.45) is 5.92 Å². The molecule has 6 nitrogen and oxygen atoms in total. The number of carboxylic acids is 1. The molecule has 0 aliphatic rings. The summed E-state index contributed by atoms with van der Waals surface area (Å²) >= 11 is 1.22. The predicted octanol–water partition coefficient (Wildman–Crippen LogP) is 2.91. The summed E-state index contributed by atoms with van der Waals surface area (Å²) in [5, 5.41) is 18.0. The van der Waals surface area contributed by atoms with Gasteiger partial charge in [-0.1, -0.05) is 25.6 Å². The van der Waals surface area contributed by atoms with Gasteiger partial charge in [0.2, 0.25) is 5.95 Å². The van der Waals surface area contributed by atoms with Crippen LogP contribution >= 0.6 is 11.8 Å². The highest BCUT2D eigenvalue weighted by atomic mass is 32.2. The highest BCUT2D eigenvalue weighted by molar-refractivity contribution is 7.99. The summed E-state index contributed by atoms with van der Waals surface area (Å²) in [6, 6.07) is 0.492. The fourth-order valence-electron chi connectivity index (χ4n) is 2.06. The molecule has 1 N–H and O–H groups in total. The summed E-state index contributed by atoms with van der Waals surface area (Å²) < 4.78 is 2.02. The lowest BCUT2D eigenvalue weighted by Gasteiger charge is -2.30. The number of carboxylic acid groups (broad SMARTS) is 1. The molecule has 0 saturated heterocycles. The smallest absolute Gasteiger partial charge is 0.313 e. The Balaban J connectivity index is 3.12. The molecule has 1 heterocycles. The Morgan fingerprint density at radius 1 is 1.24 bits per heavy atom. The minimum absolute atomic E-state index is 0.00326. The first-order valence-corrected chi connectivity index (χ1v) is 8.28. The molecule has 0 bridgehead atoms. The molecule has 0 fully saturated rings. The van der Waals surface area contributed by atoms with E-state index in [9.17, 15) is 4.79 Å². The summed E-state index contributed by atoms with van der Waals surface area (Å²) in [6.45, 7) is 13.6. The van der Waals surface area contributed by atoms with Gasteiger partial charge >= 0.3 is 5.97 Å². The van der Waals surface area contributed by atoms with Crippen molar-refractivity contribution < 1.29 is 9.90 Å². The van der Waals surface area contributed by atoms with Gasteiger partial charge in [0.25, 0.3) is 0 Å². The average Bonchev–Trinajstić information content (AvgIpc) is 2.76. The number of thioether (sulfide) groups is 1. The monoisotopic (exact) mass is 314 g/mol. The van der Waals surface area contributed by atoms with Crippen LogP contribution in [0.3, 0.4) is 0 Å². The van der Waals surface area contributed by atoms with Crippen molar-refractivity contribution in [2.45, 2.75) is 58.8 Å². The fraction of sp³-hybridized carbons (Fsp3) is 0.786. The van der Waals surface area contributed by atoms with Gasteiger partial charge in [-0.05, 0) is 33.6 Å². The zero-order chi connectivity index (χ0) is 16.2. The first kappa shape index (κ1) is 17.8. The Hall–Kier alpha value is -1.24. The van der Waals surface area contributed by atoms with Gasteiger partial charge in [0.15, 0.2) is 5.16 Å². The molecule has 0 aliphatic carbocycles. The van der Waals surface area contributed by atoms with Crippen molar-refractivity contribution in [3.8, 4) is 0 Å². The van der Waals surface area contributed by atoms with Crippen LogP contribution in [0.1, 0.15) is 47.6 Å². The van der Waals surface area contributed by atoms with E-state index in [-0.39, 0.29) is 11.8 Å². The predicted molar refractivity (Wildman–Crippen MR) is 86.1 cm³/mol. The molecule has 0 aromatic carbocycles. The first-order chi connectivity index (χ1) is 9.73. The zero-order valence-electron chi connectivity index (χ0n) is 13.7. The maximum atomic E-state index is 10.8. The van der Waals surface area contributed by atoms with E-state index < -0.39 is 5.97 Å². The quantitative estimate of drug-likeness (QED) is 0.744. The van der Waals surface area contributed by atoms with Gasteiger partial charge in [-0.15, -0.1) is 10.2 Å². The lowest BCUT2D eigenvalue weighted by Crippen LogP contribution is -2.36. The van der Waals surface area contributed by atoms with Gasteiger partial charge in [-0.2, -0.15) is 0 Å². The molecule has 1 rings (SSSR count). The maximum Gasteiger partial charge on any atom is 0.313 e. The number of hydrogen-bond acceptors (Lipinski definition) is 5. The van der Waals surface area contributed by atoms with Crippen LogP contribution in [-0.4, -0.2) is 44.2 Å². The maximum absolute atomic E-state index is 10.8. The van der Waals surface area contributed by atoms with Crippen molar-refractivity contribution >= 4 is 23.7 Å². The number of aromatic nitrogens is 3. The fourth-order valence-corrected chi connectivity index (χ4v) is 2.84. The number of aliphatic carboxylic acids is 1.